The fourth-order valence-electron chi connectivity index (χ4n) is 1.21. The molecule has 0 bridgehead atoms. The highest BCUT2D eigenvalue weighted by Crippen LogP contribution is 2.18. The lowest BCUT2D eigenvalue weighted by molar-refractivity contribution is -0.124. The molecule has 0 aromatic rings. The molecule has 1 aliphatic rings. The van der Waals surface area contributed by atoms with E-state index in [1.54, 1.807) is 12.2 Å². The summed E-state index contributed by atoms with van der Waals surface area (Å²) in [6.45, 7) is -0.753. The topological polar surface area (TPSA) is 38.0 Å². The summed E-state index contributed by atoms with van der Waals surface area (Å²) in [5, 5.41) is 7.75. The molecule has 0 atom stereocenters. The summed E-state index contributed by atoms with van der Waals surface area (Å²) >= 11 is 1.15. The van der Waals surface area contributed by atoms with Gasteiger partial charge in [0.25, 0.3) is 0 Å². The minimum absolute atomic E-state index is 0.215. The largest absolute Gasteiger partial charge is 0.401 e. The maximum atomic E-state index is 11.9. The monoisotopic (exact) mass is 250 g/mol. The van der Waals surface area contributed by atoms with Crippen molar-refractivity contribution in [2.75, 3.05) is 13.1 Å². The number of hydrogen-bond acceptors (Lipinski definition) is 3. The minimum Gasteiger partial charge on any atom is -0.305 e. The van der Waals surface area contributed by atoms with Gasteiger partial charge in [-0.2, -0.15) is 13.2 Å². The summed E-state index contributed by atoms with van der Waals surface area (Å²) in [5.41, 5.74) is 0.838. The Labute approximate surface area is 96.6 Å². The van der Waals surface area contributed by atoms with Gasteiger partial charge in [-0.3, -0.25) is 5.14 Å². The number of nitrogens with one attached hydrogen (secondary N) is 1. The molecule has 0 amide bonds. The second-order valence-corrected chi connectivity index (χ2v) is 4.07. The fourth-order valence-corrected chi connectivity index (χ4v) is 1.55. The van der Waals surface area contributed by atoms with E-state index in [0.29, 0.717) is 6.42 Å². The van der Waals surface area contributed by atoms with Crippen molar-refractivity contribution < 1.29 is 13.2 Å². The summed E-state index contributed by atoms with van der Waals surface area (Å²) in [6.07, 6.45) is 3.81. The van der Waals surface area contributed by atoms with Gasteiger partial charge in [0.05, 0.1) is 6.54 Å². The SMILES string of the molecule is NSC1=CC=CC(CNCC(F)(F)F)=CC1. The van der Waals surface area contributed by atoms with E-state index in [4.69, 9.17) is 5.14 Å². The average molecular weight is 250 g/mol. The van der Waals surface area contributed by atoms with Crippen LogP contribution >= 0.6 is 11.9 Å². The highest BCUT2D eigenvalue weighted by molar-refractivity contribution is 8.00. The molecule has 0 fully saturated rings. The number of allylic oxidation sites excluding steroid dienone is 4. The minimum atomic E-state index is -4.16. The maximum absolute atomic E-state index is 11.9. The van der Waals surface area contributed by atoms with Crippen LogP contribution in [-0.2, 0) is 0 Å². The zero-order valence-electron chi connectivity index (χ0n) is 8.55. The molecule has 0 heterocycles. The molecule has 3 N–H and O–H groups in total. The predicted molar refractivity (Wildman–Crippen MR) is 60.6 cm³/mol. The number of hydrogen-bond donors (Lipinski definition) is 2. The molecule has 0 aliphatic heterocycles. The quantitative estimate of drug-likeness (QED) is 0.753. The Balaban J connectivity index is 2.37. The molecule has 0 unspecified atom stereocenters. The van der Waals surface area contributed by atoms with Crippen LogP contribution in [0.2, 0.25) is 0 Å². The maximum Gasteiger partial charge on any atom is 0.401 e. The Morgan fingerprint density at radius 1 is 1.44 bits per heavy atom. The lowest BCUT2D eigenvalue weighted by Crippen LogP contribution is -2.29. The first-order chi connectivity index (χ1) is 7.51. The number of halogens is 3. The van der Waals surface area contributed by atoms with Gasteiger partial charge < -0.3 is 5.32 Å². The first-order valence-electron chi connectivity index (χ1n) is 4.72. The van der Waals surface area contributed by atoms with E-state index < -0.39 is 12.7 Å². The normalized spacial score (nSPS) is 16.8. The van der Waals surface area contributed by atoms with Crippen molar-refractivity contribution in [3.63, 3.8) is 0 Å². The van der Waals surface area contributed by atoms with Gasteiger partial charge in [-0.1, -0.05) is 36.3 Å². The predicted octanol–water partition coefficient (Wildman–Crippen LogP) is 2.52. The van der Waals surface area contributed by atoms with Gasteiger partial charge in [-0.25, -0.2) is 0 Å². The van der Waals surface area contributed by atoms with E-state index in [1.165, 1.54) is 0 Å². The Kier molecular flexibility index (Phi) is 5.11. The van der Waals surface area contributed by atoms with Crippen LogP contribution in [0.5, 0.6) is 0 Å². The third-order valence-corrected chi connectivity index (χ3v) is 2.57. The smallest absolute Gasteiger partial charge is 0.305 e. The van der Waals surface area contributed by atoms with Crippen molar-refractivity contribution >= 4 is 11.9 Å². The van der Waals surface area contributed by atoms with Crippen molar-refractivity contribution in [1.29, 1.82) is 0 Å². The summed E-state index contributed by atoms with van der Waals surface area (Å²) in [5.74, 6) is 0. The second-order valence-electron chi connectivity index (χ2n) is 3.31. The average Bonchev–Trinajstić information content (AvgIpc) is 2.41. The third kappa shape index (κ3) is 5.39. The Hall–Kier alpha value is -0.720. The Morgan fingerprint density at radius 2 is 2.19 bits per heavy atom. The number of nitrogens with two attached hydrogens (primary N) is 1. The van der Waals surface area contributed by atoms with Crippen molar-refractivity contribution in [2.24, 2.45) is 5.14 Å². The van der Waals surface area contributed by atoms with Crippen molar-refractivity contribution in [1.82, 2.24) is 5.32 Å². The van der Waals surface area contributed by atoms with Crippen LogP contribution in [0.25, 0.3) is 0 Å². The lowest BCUT2D eigenvalue weighted by atomic mass is 10.2. The lowest BCUT2D eigenvalue weighted by Gasteiger charge is -2.08. The van der Waals surface area contributed by atoms with Crippen molar-refractivity contribution in [2.45, 2.75) is 12.6 Å². The van der Waals surface area contributed by atoms with Crippen molar-refractivity contribution in [3.05, 3.63) is 34.8 Å². The van der Waals surface area contributed by atoms with Crippen LogP contribution < -0.4 is 10.5 Å². The molecule has 90 valence electrons. The highest BCUT2D eigenvalue weighted by atomic mass is 32.2. The molecule has 16 heavy (non-hydrogen) atoms. The third-order valence-electron chi connectivity index (χ3n) is 1.96. The second kappa shape index (κ2) is 6.12. The van der Waals surface area contributed by atoms with E-state index in [0.717, 1.165) is 22.4 Å². The van der Waals surface area contributed by atoms with E-state index in [9.17, 15) is 13.2 Å². The van der Waals surface area contributed by atoms with Crippen LogP contribution in [0, 0.1) is 0 Å². The van der Waals surface area contributed by atoms with Gasteiger partial charge in [-0.05, 0) is 12.0 Å². The fraction of sp³-hybridized carbons (Fsp3) is 0.400. The molecule has 1 aliphatic carbocycles. The molecule has 1 rings (SSSR count). The first-order valence-corrected chi connectivity index (χ1v) is 5.60. The van der Waals surface area contributed by atoms with Crippen LogP contribution in [0.1, 0.15) is 6.42 Å². The summed E-state index contributed by atoms with van der Waals surface area (Å²) in [4.78, 5) is 0.988. The van der Waals surface area contributed by atoms with Gasteiger partial charge >= 0.3 is 6.18 Å². The zero-order valence-corrected chi connectivity index (χ0v) is 9.37. The van der Waals surface area contributed by atoms with Gasteiger partial charge in [0.15, 0.2) is 0 Å². The van der Waals surface area contributed by atoms with E-state index in [1.807, 2.05) is 12.2 Å². The number of alkyl halides is 3. The summed E-state index contributed by atoms with van der Waals surface area (Å²) < 4.78 is 35.6. The molecule has 0 aromatic heterocycles. The zero-order chi connectivity index (χ0) is 12.0. The van der Waals surface area contributed by atoms with Gasteiger partial charge in [0.1, 0.15) is 0 Å². The molecule has 0 radical (unpaired) electrons. The van der Waals surface area contributed by atoms with E-state index in [-0.39, 0.29) is 6.54 Å². The molecule has 0 saturated heterocycles. The van der Waals surface area contributed by atoms with Gasteiger partial charge in [-0.15, -0.1) is 0 Å². The van der Waals surface area contributed by atoms with E-state index in [2.05, 4.69) is 5.32 Å². The first kappa shape index (κ1) is 13.3. The van der Waals surface area contributed by atoms with Gasteiger partial charge in [0, 0.05) is 11.4 Å². The van der Waals surface area contributed by atoms with E-state index >= 15 is 0 Å². The van der Waals surface area contributed by atoms with Crippen LogP contribution in [0.3, 0.4) is 0 Å². The highest BCUT2D eigenvalue weighted by Gasteiger charge is 2.26. The summed E-state index contributed by atoms with van der Waals surface area (Å²) in [6, 6.07) is 0. The molecule has 6 heteroatoms. The molecule has 0 spiro atoms. The molecule has 0 saturated carbocycles. The number of rotatable bonds is 4. The van der Waals surface area contributed by atoms with Crippen LogP contribution in [0.15, 0.2) is 34.8 Å². The van der Waals surface area contributed by atoms with Crippen molar-refractivity contribution in [3.8, 4) is 0 Å². The Morgan fingerprint density at radius 3 is 2.81 bits per heavy atom. The standard InChI is InChI=1S/C10H13F3N2S/c11-10(12,13)7-15-6-8-2-1-3-9(16-14)5-4-8/h1-4,15H,5-7,14H2. The molecular formula is C10H13F3N2S. The molecular weight excluding hydrogens is 237 g/mol. The summed E-state index contributed by atoms with van der Waals surface area (Å²) in [7, 11) is 0. The van der Waals surface area contributed by atoms with Crippen LogP contribution in [0.4, 0.5) is 13.2 Å². The Bertz CT molecular complexity index is 319. The molecule has 0 aromatic carbocycles. The van der Waals surface area contributed by atoms with Crippen LogP contribution in [-0.4, -0.2) is 19.3 Å². The molecule has 2 nitrogen and oxygen atoms in total. The van der Waals surface area contributed by atoms with Gasteiger partial charge in [0.2, 0.25) is 0 Å².